The zero-order valence-corrected chi connectivity index (χ0v) is 16.5. The number of Topliss-reactive ketones (excluding diaryl/α,β-unsaturated/α-hetero) is 1. The van der Waals surface area contributed by atoms with Gasteiger partial charge in [0, 0.05) is 34.3 Å². The molecule has 0 saturated carbocycles. The number of methoxy groups -OCH3 is 4. The molecule has 1 aromatic heterocycles. The molecule has 148 valence electrons. The lowest BCUT2D eigenvalue weighted by Gasteiger charge is -2.12. The van der Waals surface area contributed by atoms with Crippen LogP contribution in [0.3, 0.4) is 0 Å². The fourth-order valence-corrected chi connectivity index (χ4v) is 3.03. The van der Waals surface area contributed by atoms with Gasteiger partial charge in [-0.1, -0.05) is 0 Å². The summed E-state index contributed by atoms with van der Waals surface area (Å²) < 4.78 is 21.2. The molecule has 0 saturated heterocycles. The first-order valence-corrected chi connectivity index (χ1v) is 8.67. The number of ether oxygens (including phenoxy) is 4. The molecule has 3 aromatic rings. The van der Waals surface area contributed by atoms with Gasteiger partial charge in [-0.3, -0.25) is 4.79 Å². The van der Waals surface area contributed by atoms with E-state index in [4.69, 9.17) is 18.9 Å². The predicted octanol–water partition coefficient (Wildman–Crippen LogP) is 3.99. The Hall–Kier alpha value is -3.92. The number of rotatable bonds is 7. The Morgan fingerprint density at radius 2 is 1.66 bits per heavy atom. The molecule has 2 aromatic carbocycles. The highest BCUT2D eigenvalue weighted by Gasteiger charge is 2.19. The third-order valence-corrected chi connectivity index (χ3v) is 4.53. The van der Waals surface area contributed by atoms with E-state index in [1.165, 1.54) is 27.4 Å². The molecule has 0 radical (unpaired) electrons. The first-order valence-electron chi connectivity index (χ1n) is 8.67. The Balaban J connectivity index is 2.09. The van der Waals surface area contributed by atoms with E-state index in [9.17, 15) is 10.1 Å². The van der Waals surface area contributed by atoms with Gasteiger partial charge in [0.25, 0.3) is 0 Å². The van der Waals surface area contributed by atoms with E-state index in [2.05, 4.69) is 4.98 Å². The van der Waals surface area contributed by atoms with Crippen molar-refractivity contribution in [1.82, 2.24) is 4.98 Å². The third-order valence-electron chi connectivity index (χ3n) is 4.53. The largest absolute Gasteiger partial charge is 0.497 e. The van der Waals surface area contributed by atoms with Gasteiger partial charge in [0.1, 0.15) is 23.1 Å². The van der Waals surface area contributed by atoms with E-state index in [1.54, 1.807) is 37.6 Å². The number of nitriles is 1. The number of nitrogens with one attached hydrogen (secondary N) is 1. The van der Waals surface area contributed by atoms with Gasteiger partial charge in [-0.05, 0) is 30.3 Å². The van der Waals surface area contributed by atoms with Crippen molar-refractivity contribution in [1.29, 1.82) is 5.26 Å². The van der Waals surface area contributed by atoms with E-state index in [0.717, 1.165) is 5.52 Å². The number of benzene rings is 2. The van der Waals surface area contributed by atoms with Crippen LogP contribution in [-0.4, -0.2) is 39.2 Å². The molecule has 0 aliphatic carbocycles. The number of H-pyrrole nitrogens is 1. The maximum atomic E-state index is 13.1. The van der Waals surface area contributed by atoms with Crippen LogP contribution in [0.5, 0.6) is 23.0 Å². The van der Waals surface area contributed by atoms with Gasteiger partial charge in [-0.15, -0.1) is 0 Å². The molecule has 0 aliphatic heterocycles. The number of fused-ring (bicyclic) bond motifs is 1. The Kier molecular flexibility index (Phi) is 5.74. The zero-order chi connectivity index (χ0) is 21.0. The molecule has 0 amide bonds. The van der Waals surface area contributed by atoms with Crippen molar-refractivity contribution in [3.63, 3.8) is 0 Å². The van der Waals surface area contributed by atoms with E-state index in [-0.39, 0.29) is 5.57 Å². The smallest absolute Gasteiger partial charge is 0.205 e. The van der Waals surface area contributed by atoms with E-state index in [0.29, 0.717) is 39.5 Å². The molecule has 0 spiro atoms. The normalized spacial score (nSPS) is 11.1. The molecule has 0 fully saturated rings. The third kappa shape index (κ3) is 3.73. The lowest BCUT2D eigenvalue weighted by Crippen LogP contribution is -2.02. The molecule has 7 heteroatoms. The summed E-state index contributed by atoms with van der Waals surface area (Å²) in [4.78, 5) is 16.1. The highest BCUT2D eigenvalue weighted by atomic mass is 16.5. The molecule has 7 nitrogen and oxygen atoms in total. The average molecular weight is 392 g/mol. The molecule has 3 rings (SSSR count). The predicted molar refractivity (Wildman–Crippen MR) is 109 cm³/mol. The summed E-state index contributed by atoms with van der Waals surface area (Å²) in [5.41, 5.74) is 1.63. The van der Waals surface area contributed by atoms with E-state index < -0.39 is 5.78 Å². The van der Waals surface area contributed by atoms with Crippen molar-refractivity contribution in [2.75, 3.05) is 28.4 Å². The summed E-state index contributed by atoms with van der Waals surface area (Å²) >= 11 is 0. The molecule has 1 N–H and O–H groups in total. The van der Waals surface area contributed by atoms with Crippen LogP contribution in [0.15, 0.2) is 42.1 Å². The highest BCUT2D eigenvalue weighted by molar-refractivity contribution is 6.20. The summed E-state index contributed by atoms with van der Waals surface area (Å²) in [5.74, 6) is 1.60. The molecule has 0 bridgehead atoms. The summed E-state index contributed by atoms with van der Waals surface area (Å²) in [5, 5.41) is 10.3. The van der Waals surface area contributed by atoms with Crippen LogP contribution in [0.2, 0.25) is 0 Å². The minimum atomic E-state index is -0.413. The van der Waals surface area contributed by atoms with E-state index >= 15 is 0 Å². The molecular weight excluding hydrogens is 372 g/mol. The lowest BCUT2D eigenvalue weighted by atomic mass is 10.0. The van der Waals surface area contributed by atoms with Crippen LogP contribution in [0.1, 0.15) is 15.9 Å². The fraction of sp³-hybridized carbons (Fsp3) is 0.182. The number of carbonyl (C=O) groups is 1. The molecule has 0 unspecified atom stereocenters. The quantitative estimate of drug-likeness (QED) is 0.371. The lowest BCUT2D eigenvalue weighted by molar-refractivity contribution is 0.104. The Bertz CT molecular complexity index is 1140. The van der Waals surface area contributed by atoms with Gasteiger partial charge in [-0.2, -0.15) is 5.26 Å². The second-order valence-electron chi connectivity index (χ2n) is 6.06. The Labute approximate surface area is 168 Å². The van der Waals surface area contributed by atoms with Crippen LogP contribution in [0.4, 0.5) is 0 Å². The highest BCUT2D eigenvalue weighted by Crippen LogP contribution is 2.36. The van der Waals surface area contributed by atoms with Gasteiger partial charge in [-0.25, -0.2) is 0 Å². The van der Waals surface area contributed by atoms with Gasteiger partial charge in [0.15, 0.2) is 11.5 Å². The summed E-state index contributed by atoms with van der Waals surface area (Å²) in [6, 6.07) is 10.6. The number of aromatic nitrogens is 1. The van der Waals surface area contributed by atoms with Crippen molar-refractivity contribution in [3.05, 3.63) is 53.2 Å². The van der Waals surface area contributed by atoms with Crippen LogP contribution < -0.4 is 18.9 Å². The van der Waals surface area contributed by atoms with Crippen LogP contribution in [-0.2, 0) is 0 Å². The maximum absolute atomic E-state index is 13.1. The molecule has 0 atom stereocenters. The van der Waals surface area contributed by atoms with Crippen molar-refractivity contribution >= 4 is 22.8 Å². The second kappa shape index (κ2) is 8.40. The van der Waals surface area contributed by atoms with Crippen molar-refractivity contribution in [2.24, 2.45) is 0 Å². The number of nitrogens with zero attached hydrogens (tertiary/aromatic N) is 1. The van der Waals surface area contributed by atoms with Crippen LogP contribution >= 0.6 is 0 Å². The first-order chi connectivity index (χ1) is 14.1. The van der Waals surface area contributed by atoms with Crippen molar-refractivity contribution in [3.8, 4) is 29.1 Å². The summed E-state index contributed by atoms with van der Waals surface area (Å²) in [6.45, 7) is 0. The van der Waals surface area contributed by atoms with E-state index in [1.807, 2.05) is 12.1 Å². The number of ketones is 1. The molecule has 29 heavy (non-hydrogen) atoms. The molecule has 1 heterocycles. The summed E-state index contributed by atoms with van der Waals surface area (Å²) in [6.07, 6.45) is 3.06. The van der Waals surface area contributed by atoms with Crippen molar-refractivity contribution < 1.29 is 23.7 Å². The SMILES string of the molecule is COc1ccc2[nH]cc(C(=O)C(C#N)=Cc3cc(OC)c(OC)cc3OC)c2c1. The monoisotopic (exact) mass is 392 g/mol. The number of allylic oxidation sites excluding steroid dienone is 1. The van der Waals surface area contributed by atoms with Gasteiger partial charge < -0.3 is 23.9 Å². The standard InChI is InChI=1S/C22H20N2O5/c1-26-15-5-6-18-16(9-15)17(12-24-18)22(25)14(11-23)7-13-8-20(28-3)21(29-4)10-19(13)27-2/h5-10,12,24H,1-4H3. The minimum Gasteiger partial charge on any atom is -0.497 e. The Morgan fingerprint density at radius 1 is 0.966 bits per heavy atom. The number of hydrogen-bond donors (Lipinski definition) is 1. The number of aromatic amines is 1. The van der Waals surface area contributed by atoms with Gasteiger partial charge >= 0.3 is 0 Å². The molecule has 0 aliphatic rings. The fourth-order valence-electron chi connectivity index (χ4n) is 3.03. The second-order valence-corrected chi connectivity index (χ2v) is 6.06. The first kappa shape index (κ1) is 19.8. The zero-order valence-electron chi connectivity index (χ0n) is 16.5. The summed E-state index contributed by atoms with van der Waals surface area (Å²) in [7, 11) is 6.08. The number of hydrogen-bond acceptors (Lipinski definition) is 6. The maximum Gasteiger partial charge on any atom is 0.205 e. The van der Waals surface area contributed by atoms with Gasteiger partial charge in [0.05, 0.1) is 28.4 Å². The van der Waals surface area contributed by atoms with Crippen molar-refractivity contribution in [2.45, 2.75) is 0 Å². The number of carbonyl (C=O) groups excluding carboxylic acids is 1. The molecular formula is C22H20N2O5. The minimum absolute atomic E-state index is 0.0424. The topological polar surface area (TPSA) is 93.6 Å². The van der Waals surface area contributed by atoms with Crippen LogP contribution in [0, 0.1) is 11.3 Å². The van der Waals surface area contributed by atoms with Gasteiger partial charge in [0.2, 0.25) is 5.78 Å². The average Bonchev–Trinajstić information content (AvgIpc) is 3.19. The van der Waals surface area contributed by atoms with Crippen LogP contribution in [0.25, 0.3) is 17.0 Å². The Morgan fingerprint density at radius 3 is 2.28 bits per heavy atom.